The van der Waals surface area contributed by atoms with Crippen molar-refractivity contribution < 1.29 is 18.7 Å². The van der Waals surface area contributed by atoms with Crippen LogP contribution in [0.25, 0.3) is 0 Å². The Kier molecular flexibility index (Phi) is 7.82. The Labute approximate surface area is 224 Å². The van der Waals surface area contributed by atoms with E-state index >= 15 is 0 Å². The van der Waals surface area contributed by atoms with Crippen LogP contribution >= 0.6 is 0 Å². The summed E-state index contributed by atoms with van der Waals surface area (Å²) in [5.74, 6) is 1.29. The van der Waals surface area contributed by atoms with E-state index in [9.17, 15) is 9.59 Å². The first-order chi connectivity index (χ1) is 18.5. The first-order valence-corrected chi connectivity index (χ1v) is 13.8. The van der Waals surface area contributed by atoms with Gasteiger partial charge in [-0.25, -0.2) is 4.98 Å². The lowest BCUT2D eigenvalue weighted by atomic mass is 9.86. The molecule has 2 heterocycles. The summed E-state index contributed by atoms with van der Waals surface area (Å²) in [6, 6.07) is 14.4. The molecular formula is C31H37N3O4. The normalized spacial score (nSPS) is 17.3. The molecule has 2 aliphatic rings. The fourth-order valence-corrected chi connectivity index (χ4v) is 5.82. The summed E-state index contributed by atoms with van der Waals surface area (Å²) in [4.78, 5) is 34.4. The third-order valence-corrected chi connectivity index (χ3v) is 7.87. The van der Waals surface area contributed by atoms with E-state index in [1.54, 1.807) is 4.90 Å². The molecule has 1 aliphatic carbocycles. The van der Waals surface area contributed by atoms with Crippen molar-refractivity contribution in [3.05, 3.63) is 82.6 Å². The van der Waals surface area contributed by atoms with Crippen LogP contribution in [-0.2, 0) is 17.8 Å². The van der Waals surface area contributed by atoms with Crippen molar-refractivity contribution in [2.24, 2.45) is 5.92 Å². The molecular weight excluding hydrogens is 478 g/mol. The molecule has 1 aromatic heterocycles. The minimum Gasteiger partial charge on any atom is -0.484 e. The number of benzene rings is 2. The molecule has 1 atom stereocenters. The average Bonchev–Trinajstić information content (AvgIpc) is 3.64. The van der Waals surface area contributed by atoms with Gasteiger partial charge in [0, 0.05) is 25.6 Å². The van der Waals surface area contributed by atoms with Crippen molar-refractivity contribution in [1.29, 1.82) is 0 Å². The van der Waals surface area contributed by atoms with Gasteiger partial charge in [0.1, 0.15) is 12.0 Å². The molecule has 0 radical (unpaired) electrons. The van der Waals surface area contributed by atoms with Crippen molar-refractivity contribution in [3.8, 4) is 5.75 Å². The maximum Gasteiger partial charge on any atom is 0.275 e. The SMILES string of the molecule is CCN(CC)C(=O)c1coc(COc2ccc3c(c2)[C@@H](c2cccc(C)c2)N(C(=O)C2CCCC2)CC3)n1. The predicted molar refractivity (Wildman–Crippen MR) is 145 cm³/mol. The molecule has 0 saturated heterocycles. The van der Waals surface area contributed by atoms with Crippen molar-refractivity contribution in [1.82, 2.24) is 14.8 Å². The lowest BCUT2D eigenvalue weighted by Gasteiger charge is -2.39. The van der Waals surface area contributed by atoms with Crippen LogP contribution in [0.1, 0.15) is 84.2 Å². The van der Waals surface area contributed by atoms with E-state index in [0.29, 0.717) is 30.4 Å². The quantitative estimate of drug-likeness (QED) is 0.384. The second kappa shape index (κ2) is 11.4. The highest BCUT2D eigenvalue weighted by Crippen LogP contribution is 2.40. The van der Waals surface area contributed by atoms with Crippen LogP contribution in [0.5, 0.6) is 5.75 Å². The van der Waals surface area contributed by atoms with Crippen molar-refractivity contribution in [2.75, 3.05) is 19.6 Å². The lowest BCUT2D eigenvalue weighted by molar-refractivity contribution is -0.137. The number of rotatable bonds is 8. The number of oxazole rings is 1. The smallest absolute Gasteiger partial charge is 0.275 e. The van der Waals surface area contributed by atoms with E-state index in [2.05, 4.69) is 53.2 Å². The second-order valence-corrected chi connectivity index (χ2v) is 10.3. The van der Waals surface area contributed by atoms with Gasteiger partial charge in [0.25, 0.3) is 5.91 Å². The van der Waals surface area contributed by atoms with E-state index in [-0.39, 0.29) is 30.4 Å². The van der Waals surface area contributed by atoms with Crippen molar-refractivity contribution in [3.63, 3.8) is 0 Å². The minimum atomic E-state index is -0.146. The van der Waals surface area contributed by atoms with Gasteiger partial charge < -0.3 is 19.0 Å². The maximum atomic E-state index is 13.7. The van der Waals surface area contributed by atoms with Gasteiger partial charge in [0.05, 0.1) is 6.04 Å². The van der Waals surface area contributed by atoms with Crippen LogP contribution in [-0.4, -0.2) is 46.2 Å². The highest BCUT2D eigenvalue weighted by atomic mass is 16.5. The first-order valence-electron chi connectivity index (χ1n) is 13.8. The van der Waals surface area contributed by atoms with Crippen molar-refractivity contribution >= 4 is 11.8 Å². The Balaban J connectivity index is 1.39. The zero-order valence-corrected chi connectivity index (χ0v) is 22.6. The van der Waals surface area contributed by atoms with Crippen LogP contribution in [0.4, 0.5) is 0 Å². The standard InChI is InChI=1S/C31H37N3O4/c1-4-33(5-2)31(36)27-19-38-28(32-27)20-37-25-14-13-22-15-16-34(30(35)23-10-6-7-11-23)29(26(22)18-25)24-12-8-9-21(3)17-24/h8-9,12-14,17-19,23,29H,4-7,10-11,15-16,20H2,1-3H3/t29-/m1/s1. The minimum absolute atomic E-state index is 0.115. The molecule has 7 nitrogen and oxygen atoms in total. The maximum absolute atomic E-state index is 13.7. The summed E-state index contributed by atoms with van der Waals surface area (Å²) >= 11 is 0. The number of carbonyl (C=O) groups is 2. The van der Waals surface area contributed by atoms with Crippen LogP contribution in [0.15, 0.2) is 53.1 Å². The zero-order chi connectivity index (χ0) is 26.6. The molecule has 0 N–H and O–H groups in total. The average molecular weight is 516 g/mol. The van der Waals surface area contributed by atoms with Gasteiger partial charge in [-0.1, -0.05) is 48.7 Å². The monoisotopic (exact) mass is 515 g/mol. The largest absolute Gasteiger partial charge is 0.484 e. The molecule has 3 aromatic rings. The van der Waals surface area contributed by atoms with E-state index in [4.69, 9.17) is 9.15 Å². The summed E-state index contributed by atoms with van der Waals surface area (Å²) in [5.41, 5.74) is 4.94. The zero-order valence-electron chi connectivity index (χ0n) is 22.6. The van der Waals surface area contributed by atoms with Crippen LogP contribution in [0, 0.1) is 12.8 Å². The Morgan fingerprint density at radius 1 is 1.11 bits per heavy atom. The Morgan fingerprint density at radius 3 is 2.63 bits per heavy atom. The molecule has 7 heteroatoms. The van der Waals surface area contributed by atoms with Crippen LogP contribution in [0.2, 0.25) is 0 Å². The fourth-order valence-electron chi connectivity index (χ4n) is 5.82. The number of aryl methyl sites for hydroxylation is 1. The molecule has 1 saturated carbocycles. The topological polar surface area (TPSA) is 75.9 Å². The molecule has 200 valence electrons. The first kappa shape index (κ1) is 26.0. The molecule has 5 rings (SSSR count). The van der Waals surface area contributed by atoms with Gasteiger partial charge in [-0.2, -0.15) is 0 Å². The molecule has 2 amide bonds. The molecule has 0 unspecified atom stereocenters. The number of ether oxygens (including phenoxy) is 1. The highest BCUT2D eigenvalue weighted by Gasteiger charge is 2.36. The second-order valence-electron chi connectivity index (χ2n) is 10.3. The van der Waals surface area contributed by atoms with Crippen LogP contribution in [0.3, 0.4) is 0 Å². The summed E-state index contributed by atoms with van der Waals surface area (Å²) < 4.78 is 11.6. The fraction of sp³-hybridized carbons (Fsp3) is 0.452. The summed E-state index contributed by atoms with van der Waals surface area (Å²) in [5, 5.41) is 0. The predicted octanol–water partition coefficient (Wildman–Crippen LogP) is 5.71. The Bertz CT molecular complexity index is 1290. The van der Waals surface area contributed by atoms with Gasteiger partial charge >= 0.3 is 0 Å². The van der Waals surface area contributed by atoms with Gasteiger partial charge in [0.2, 0.25) is 11.8 Å². The third kappa shape index (κ3) is 5.33. The van der Waals surface area contributed by atoms with E-state index in [1.807, 2.05) is 19.9 Å². The van der Waals surface area contributed by atoms with Gasteiger partial charge in [-0.15, -0.1) is 0 Å². The molecule has 1 fully saturated rings. The number of hydrogen-bond donors (Lipinski definition) is 0. The Morgan fingerprint density at radius 2 is 1.89 bits per heavy atom. The molecule has 1 aliphatic heterocycles. The summed E-state index contributed by atoms with van der Waals surface area (Å²) in [6.45, 7) is 8.04. The Hall–Kier alpha value is -3.61. The van der Waals surface area contributed by atoms with E-state index in [1.165, 1.54) is 17.4 Å². The molecule has 0 bridgehead atoms. The lowest BCUT2D eigenvalue weighted by Crippen LogP contribution is -2.43. The number of amides is 2. The number of hydrogen-bond acceptors (Lipinski definition) is 5. The molecule has 38 heavy (non-hydrogen) atoms. The van der Waals surface area contributed by atoms with Gasteiger partial charge in [-0.3, -0.25) is 9.59 Å². The number of aromatic nitrogens is 1. The summed E-state index contributed by atoms with van der Waals surface area (Å²) in [6.07, 6.45) is 6.47. The van der Waals surface area contributed by atoms with E-state index < -0.39 is 0 Å². The number of nitrogens with zero attached hydrogens (tertiary/aromatic N) is 3. The number of carbonyl (C=O) groups excluding carboxylic acids is 2. The summed E-state index contributed by atoms with van der Waals surface area (Å²) in [7, 11) is 0. The van der Waals surface area contributed by atoms with Crippen LogP contribution < -0.4 is 4.74 Å². The molecule has 0 spiro atoms. The van der Waals surface area contributed by atoms with Gasteiger partial charge in [0.15, 0.2) is 12.3 Å². The van der Waals surface area contributed by atoms with E-state index in [0.717, 1.165) is 49.8 Å². The van der Waals surface area contributed by atoms with Crippen molar-refractivity contribution in [2.45, 2.75) is 65.5 Å². The third-order valence-electron chi connectivity index (χ3n) is 7.87. The van der Waals surface area contributed by atoms with Gasteiger partial charge in [-0.05, 0) is 68.9 Å². The highest BCUT2D eigenvalue weighted by molar-refractivity contribution is 5.91. The number of fused-ring (bicyclic) bond motifs is 1. The molecule has 2 aromatic carbocycles.